The topological polar surface area (TPSA) is 72.5 Å². The van der Waals surface area contributed by atoms with Crippen LogP contribution in [-0.4, -0.2) is 30.8 Å². The van der Waals surface area contributed by atoms with Crippen molar-refractivity contribution in [1.29, 1.82) is 0 Å². The third-order valence-corrected chi connectivity index (χ3v) is 3.64. The van der Waals surface area contributed by atoms with E-state index in [0.29, 0.717) is 5.56 Å². The van der Waals surface area contributed by atoms with Crippen LogP contribution in [0.5, 0.6) is 0 Å². The number of carbonyl (C=O) groups is 3. The zero-order valence-corrected chi connectivity index (χ0v) is 13.9. The van der Waals surface area contributed by atoms with Crippen LogP contribution in [0.25, 0.3) is 6.08 Å². The summed E-state index contributed by atoms with van der Waals surface area (Å²) >= 11 is 0. The highest BCUT2D eigenvalue weighted by molar-refractivity contribution is 6.13. The Kier molecular flexibility index (Phi) is 6.23. The van der Waals surface area contributed by atoms with Gasteiger partial charge in [0.05, 0.1) is 13.5 Å². The van der Waals surface area contributed by atoms with Crippen LogP contribution in [0.3, 0.4) is 0 Å². The smallest absolute Gasteiger partial charge is 0.336 e. The Morgan fingerprint density at radius 1 is 1.08 bits per heavy atom. The van der Waals surface area contributed by atoms with Crippen molar-refractivity contribution >= 4 is 23.7 Å². The first-order valence-corrected chi connectivity index (χ1v) is 7.73. The number of amides is 1. The standard InChI is InChI=1S/C20H19NO4/c1-3-14-9-11-15(12-10-14)13-17(22)21-18(20(24)25-2)19(23)16-7-5-4-6-8-16/h3-12,18H,1,13H2,2H3,(H,21,22). The zero-order chi connectivity index (χ0) is 18.2. The molecule has 0 fully saturated rings. The zero-order valence-electron chi connectivity index (χ0n) is 13.9. The SMILES string of the molecule is C=Cc1ccc(CC(=O)NC(C(=O)OC)C(=O)c2ccccc2)cc1. The molecule has 0 saturated heterocycles. The fourth-order valence-corrected chi connectivity index (χ4v) is 2.29. The Labute approximate surface area is 146 Å². The van der Waals surface area contributed by atoms with Crippen molar-refractivity contribution in [3.63, 3.8) is 0 Å². The molecule has 0 spiro atoms. The Hall–Kier alpha value is -3.21. The van der Waals surface area contributed by atoms with Gasteiger partial charge in [0.1, 0.15) is 0 Å². The first-order valence-electron chi connectivity index (χ1n) is 7.73. The van der Waals surface area contributed by atoms with Gasteiger partial charge in [0.15, 0.2) is 11.8 Å². The van der Waals surface area contributed by atoms with Crippen molar-refractivity contribution in [2.24, 2.45) is 0 Å². The van der Waals surface area contributed by atoms with Crippen LogP contribution in [0.4, 0.5) is 0 Å². The average molecular weight is 337 g/mol. The van der Waals surface area contributed by atoms with Crippen LogP contribution < -0.4 is 5.32 Å². The van der Waals surface area contributed by atoms with Crippen LogP contribution in [-0.2, 0) is 20.7 Å². The molecule has 0 aliphatic rings. The number of benzene rings is 2. The molecule has 1 amide bonds. The van der Waals surface area contributed by atoms with E-state index < -0.39 is 23.7 Å². The van der Waals surface area contributed by atoms with E-state index >= 15 is 0 Å². The van der Waals surface area contributed by atoms with Crippen molar-refractivity contribution in [2.45, 2.75) is 12.5 Å². The van der Waals surface area contributed by atoms with Crippen LogP contribution in [0.2, 0.25) is 0 Å². The van der Waals surface area contributed by atoms with Crippen LogP contribution in [0.15, 0.2) is 61.2 Å². The maximum Gasteiger partial charge on any atom is 0.336 e. The number of hydrogen-bond donors (Lipinski definition) is 1. The highest BCUT2D eigenvalue weighted by Gasteiger charge is 2.30. The molecule has 0 heterocycles. The highest BCUT2D eigenvalue weighted by atomic mass is 16.5. The summed E-state index contributed by atoms with van der Waals surface area (Å²) in [5, 5.41) is 2.46. The van der Waals surface area contributed by atoms with Gasteiger partial charge in [-0.15, -0.1) is 0 Å². The lowest BCUT2D eigenvalue weighted by Crippen LogP contribution is -2.47. The predicted molar refractivity (Wildman–Crippen MR) is 95.0 cm³/mol. The van der Waals surface area contributed by atoms with Crippen molar-refractivity contribution in [3.05, 3.63) is 77.9 Å². The van der Waals surface area contributed by atoms with Gasteiger partial charge >= 0.3 is 5.97 Å². The number of Topliss-reactive ketones (excluding diaryl/α,β-unsaturated/α-hetero) is 1. The molecule has 0 aliphatic carbocycles. The summed E-state index contributed by atoms with van der Waals surface area (Å²) in [7, 11) is 1.17. The molecule has 2 aromatic rings. The monoisotopic (exact) mass is 337 g/mol. The summed E-state index contributed by atoms with van der Waals surface area (Å²) < 4.78 is 4.65. The molecule has 128 valence electrons. The molecule has 0 radical (unpaired) electrons. The lowest BCUT2D eigenvalue weighted by Gasteiger charge is -2.15. The Morgan fingerprint density at radius 2 is 1.72 bits per heavy atom. The van der Waals surface area contributed by atoms with Crippen LogP contribution >= 0.6 is 0 Å². The molecule has 1 unspecified atom stereocenters. The van der Waals surface area contributed by atoms with Crippen molar-refractivity contribution in [3.8, 4) is 0 Å². The van der Waals surface area contributed by atoms with Gasteiger partial charge in [-0.25, -0.2) is 4.79 Å². The normalized spacial score (nSPS) is 11.2. The third-order valence-electron chi connectivity index (χ3n) is 3.64. The van der Waals surface area contributed by atoms with E-state index in [1.807, 2.05) is 12.1 Å². The molecule has 25 heavy (non-hydrogen) atoms. The van der Waals surface area contributed by atoms with Crippen LogP contribution in [0, 0.1) is 0 Å². The van der Waals surface area contributed by atoms with Gasteiger partial charge < -0.3 is 10.1 Å². The fraction of sp³-hybridized carbons (Fsp3) is 0.150. The van der Waals surface area contributed by atoms with Gasteiger partial charge in [-0.2, -0.15) is 0 Å². The Bertz CT molecular complexity index is 766. The highest BCUT2D eigenvalue weighted by Crippen LogP contribution is 2.08. The fourth-order valence-electron chi connectivity index (χ4n) is 2.29. The molecular formula is C20H19NO4. The lowest BCUT2D eigenvalue weighted by molar-refractivity contribution is -0.143. The van der Waals surface area contributed by atoms with E-state index in [-0.39, 0.29) is 6.42 Å². The molecular weight excluding hydrogens is 318 g/mol. The quantitative estimate of drug-likeness (QED) is 0.478. The number of methoxy groups -OCH3 is 1. The summed E-state index contributed by atoms with van der Waals surface area (Å²) in [5.41, 5.74) is 2.03. The van der Waals surface area contributed by atoms with Gasteiger partial charge in [-0.1, -0.05) is 67.3 Å². The number of carbonyl (C=O) groups excluding carboxylic acids is 3. The minimum absolute atomic E-state index is 0.0486. The number of ketones is 1. The summed E-state index contributed by atoms with van der Waals surface area (Å²) in [6.45, 7) is 3.67. The molecule has 0 aromatic heterocycles. The van der Waals surface area contributed by atoms with Crippen molar-refractivity contribution < 1.29 is 19.1 Å². The van der Waals surface area contributed by atoms with Crippen molar-refractivity contribution in [1.82, 2.24) is 5.32 Å². The Morgan fingerprint density at radius 3 is 2.28 bits per heavy atom. The molecule has 0 bridgehead atoms. The largest absolute Gasteiger partial charge is 0.467 e. The summed E-state index contributed by atoms with van der Waals surface area (Å²) in [5.74, 6) is -1.75. The first kappa shape index (κ1) is 18.1. The number of esters is 1. The predicted octanol–water partition coefficient (Wildman–Crippen LogP) is 2.41. The van der Waals surface area contributed by atoms with E-state index in [1.54, 1.807) is 48.5 Å². The van der Waals surface area contributed by atoms with Gasteiger partial charge in [0, 0.05) is 5.56 Å². The number of rotatable bonds is 7. The summed E-state index contributed by atoms with van der Waals surface area (Å²) in [6.07, 6.45) is 1.75. The second-order valence-corrected chi connectivity index (χ2v) is 5.38. The third kappa shape index (κ3) is 4.88. The van der Waals surface area contributed by atoms with Gasteiger partial charge in [-0.3, -0.25) is 9.59 Å². The molecule has 1 atom stereocenters. The minimum Gasteiger partial charge on any atom is -0.467 e. The maximum atomic E-state index is 12.5. The molecule has 5 heteroatoms. The molecule has 2 aromatic carbocycles. The second kappa shape index (κ2) is 8.59. The van der Waals surface area contributed by atoms with Crippen molar-refractivity contribution in [2.75, 3.05) is 7.11 Å². The molecule has 1 N–H and O–H groups in total. The Balaban J connectivity index is 2.10. The van der Waals surface area contributed by atoms with E-state index in [1.165, 1.54) is 7.11 Å². The first-order chi connectivity index (χ1) is 12.0. The molecule has 5 nitrogen and oxygen atoms in total. The molecule has 2 rings (SSSR count). The number of hydrogen-bond acceptors (Lipinski definition) is 4. The van der Waals surface area contributed by atoms with E-state index in [9.17, 15) is 14.4 Å². The summed E-state index contributed by atoms with van der Waals surface area (Å²) in [6, 6.07) is 14.2. The van der Waals surface area contributed by atoms with E-state index in [0.717, 1.165) is 11.1 Å². The van der Waals surface area contributed by atoms with E-state index in [2.05, 4.69) is 16.6 Å². The van der Waals surface area contributed by atoms with E-state index in [4.69, 9.17) is 0 Å². The number of ether oxygens (including phenoxy) is 1. The molecule has 0 saturated carbocycles. The number of nitrogens with one attached hydrogen (secondary N) is 1. The maximum absolute atomic E-state index is 12.5. The van der Waals surface area contributed by atoms with Gasteiger partial charge in [0.25, 0.3) is 0 Å². The minimum atomic E-state index is -1.37. The lowest BCUT2D eigenvalue weighted by atomic mass is 10.0. The van der Waals surface area contributed by atoms with Gasteiger partial charge in [0.2, 0.25) is 5.91 Å². The molecule has 0 aliphatic heterocycles. The van der Waals surface area contributed by atoms with Gasteiger partial charge in [-0.05, 0) is 11.1 Å². The summed E-state index contributed by atoms with van der Waals surface area (Å²) in [4.78, 5) is 36.7. The average Bonchev–Trinajstić information content (AvgIpc) is 2.66. The van der Waals surface area contributed by atoms with Crippen LogP contribution in [0.1, 0.15) is 21.5 Å². The second-order valence-electron chi connectivity index (χ2n) is 5.38.